The smallest absolute Gasteiger partial charge is 0.0919 e. The number of hydrogen-bond donors (Lipinski definition) is 0. The lowest BCUT2D eigenvalue weighted by Gasteiger charge is -1.96. The molecule has 4 rings (SSSR count). The van der Waals surface area contributed by atoms with Crippen LogP contribution in [-0.2, 0) is 6.42 Å². The molecule has 0 spiro atoms. The van der Waals surface area contributed by atoms with E-state index in [-0.39, 0.29) is 14.9 Å². The van der Waals surface area contributed by atoms with Gasteiger partial charge in [-0.1, -0.05) is 101 Å². The molecule has 0 saturated carbocycles. The van der Waals surface area contributed by atoms with Crippen LogP contribution < -0.4 is 0 Å². The molecule has 130 valence electrons. The first kappa shape index (κ1) is 20.6. The molecular weight excluding hydrogens is 322 g/mol. The van der Waals surface area contributed by atoms with Crippen LogP contribution in [0.5, 0.6) is 0 Å². The van der Waals surface area contributed by atoms with E-state index in [1.807, 2.05) is 24.3 Å². The fourth-order valence-electron chi connectivity index (χ4n) is 2.40. The average molecular weight is 350 g/mol. The van der Waals surface area contributed by atoms with Crippen molar-refractivity contribution >= 4 is 21.6 Å². The third kappa shape index (κ3) is 5.27. The first-order chi connectivity index (χ1) is 11.4. The Hall–Kier alpha value is -2.45. The van der Waals surface area contributed by atoms with Crippen LogP contribution in [0.2, 0.25) is 0 Å². The summed E-state index contributed by atoms with van der Waals surface area (Å²) in [6, 6.07) is 29.1. The van der Waals surface area contributed by atoms with E-state index in [4.69, 9.17) is 0 Å². The van der Waals surface area contributed by atoms with Gasteiger partial charge in [0.25, 0.3) is 0 Å². The molecule has 25 heavy (non-hydrogen) atoms. The minimum Gasteiger partial charge on any atom is -0.191 e. The van der Waals surface area contributed by atoms with E-state index in [9.17, 15) is 0 Å². The minimum absolute atomic E-state index is 0. The van der Waals surface area contributed by atoms with Gasteiger partial charge in [-0.2, -0.15) is 4.37 Å². The molecule has 0 amide bonds. The quantitative estimate of drug-likeness (QED) is 0.365. The first-order valence-electron chi connectivity index (χ1n) is 7.82. The van der Waals surface area contributed by atoms with Crippen molar-refractivity contribution in [3.05, 3.63) is 90.5 Å². The number of aromatic nitrogens is 1. The highest BCUT2D eigenvalue weighted by Crippen LogP contribution is 2.30. The van der Waals surface area contributed by atoms with E-state index >= 15 is 0 Å². The summed E-state index contributed by atoms with van der Waals surface area (Å²) < 4.78 is 5.75. The molecule has 1 aromatic heterocycles. The predicted octanol–water partition coefficient (Wildman–Crippen LogP) is 7.48. The minimum atomic E-state index is 0. The lowest BCUT2D eigenvalue weighted by atomic mass is 10.1. The molecule has 2 heteroatoms. The average Bonchev–Trinajstić information content (AvgIpc) is 3.08. The summed E-state index contributed by atoms with van der Waals surface area (Å²) in [5, 5.41) is 1.24. The van der Waals surface area contributed by atoms with Crippen LogP contribution in [0.1, 0.15) is 27.3 Å². The molecule has 0 N–H and O–H groups in total. The van der Waals surface area contributed by atoms with E-state index in [1.54, 1.807) is 11.5 Å². The van der Waals surface area contributed by atoms with Gasteiger partial charge in [-0.05, 0) is 29.6 Å². The fourth-order valence-corrected chi connectivity index (χ4v) is 3.20. The van der Waals surface area contributed by atoms with Crippen LogP contribution in [0, 0.1) is 0 Å². The molecule has 0 bridgehead atoms. The zero-order valence-corrected chi connectivity index (χ0v) is 14.0. The summed E-state index contributed by atoms with van der Waals surface area (Å²) in [6.07, 6.45) is 1.14. The summed E-state index contributed by atoms with van der Waals surface area (Å²) in [6.45, 7) is 2.16. The largest absolute Gasteiger partial charge is 0.191 e. The second-order valence-corrected chi connectivity index (χ2v) is 6.04. The Morgan fingerprint density at radius 3 is 1.88 bits per heavy atom. The van der Waals surface area contributed by atoms with Gasteiger partial charge in [-0.3, -0.25) is 0 Å². The highest BCUT2D eigenvalue weighted by molar-refractivity contribution is 7.13. The van der Waals surface area contributed by atoms with Crippen molar-refractivity contribution in [2.24, 2.45) is 0 Å². The number of rotatable bonds is 2. The Balaban J connectivity index is 0.000000271. The summed E-state index contributed by atoms with van der Waals surface area (Å²) in [5.74, 6) is 0. The normalized spacial score (nSPS) is 9.32. The van der Waals surface area contributed by atoms with Crippen LogP contribution in [0.3, 0.4) is 0 Å². The molecule has 1 nitrogen and oxygen atoms in total. The highest BCUT2D eigenvalue weighted by Gasteiger charge is 2.06. The van der Waals surface area contributed by atoms with Crippen molar-refractivity contribution in [3.63, 3.8) is 0 Å². The molecule has 0 aliphatic rings. The Bertz CT molecular complexity index is 851. The fraction of sp³-hybridized carbons (Fsp3) is 0.174. The van der Waals surface area contributed by atoms with Crippen molar-refractivity contribution < 1.29 is 0 Å². The van der Waals surface area contributed by atoms with Gasteiger partial charge in [0.15, 0.2) is 0 Å². The molecule has 4 aromatic rings. The van der Waals surface area contributed by atoms with Crippen molar-refractivity contribution in [1.29, 1.82) is 0 Å². The van der Waals surface area contributed by atoms with Crippen LogP contribution in [0.25, 0.3) is 21.3 Å². The molecule has 3 aromatic carbocycles. The van der Waals surface area contributed by atoms with E-state index in [0.29, 0.717) is 0 Å². The van der Waals surface area contributed by atoms with Gasteiger partial charge < -0.3 is 0 Å². The van der Waals surface area contributed by atoms with Gasteiger partial charge in [0, 0.05) is 10.9 Å². The number of hydrogen-bond acceptors (Lipinski definition) is 2. The maximum atomic E-state index is 4.51. The molecule has 0 fully saturated rings. The second-order valence-electron chi connectivity index (χ2n) is 5.23. The third-order valence-electron chi connectivity index (χ3n) is 3.68. The molecule has 0 aliphatic carbocycles. The summed E-state index contributed by atoms with van der Waals surface area (Å²) in [5.41, 5.74) is 3.69. The van der Waals surface area contributed by atoms with E-state index in [2.05, 4.69) is 72.0 Å². The SMILES string of the molecule is C.C.CCc1ccccc1.c1ccc(-c2nsc3ccccc23)cc1. The van der Waals surface area contributed by atoms with E-state index in [0.717, 1.165) is 12.1 Å². The summed E-state index contributed by atoms with van der Waals surface area (Å²) >= 11 is 1.56. The molecular formula is C23H27NS. The number of aryl methyl sites for hydroxylation is 1. The number of nitrogens with zero attached hydrogens (tertiary/aromatic N) is 1. The zero-order chi connectivity index (χ0) is 15.9. The van der Waals surface area contributed by atoms with Crippen LogP contribution in [0.4, 0.5) is 0 Å². The number of fused-ring (bicyclic) bond motifs is 1. The molecule has 0 unspecified atom stereocenters. The van der Waals surface area contributed by atoms with E-state index in [1.165, 1.54) is 21.2 Å². The first-order valence-corrected chi connectivity index (χ1v) is 8.59. The Labute approximate surface area is 156 Å². The van der Waals surface area contributed by atoms with Crippen molar-refractivity contribution in [2.75, 3.05) is 0 Å². The Morgan fingerprint density at radius 1 is 0.720 bits per heavy atom. The highest BCUT2D eigenvalue weighted by atomic mass is 32.1. The lowest BCUT2D eigenvalue weighted by molar-refractivity contribution is 1.14. The van der Waals surface area contributed by atoms with Gasteiger partial charge in [0.1, 0.15) is 0 Å². The molecule has 0 aliphatic heterocycles. The summed E-state index contributed by atoms with van der Waals surface area (Å²) in [4.78, 5) is 0. The number of benzene rings is 3. The summed E-state index contributed by atoms with van der Waals surface area (Å²) in [7, 11) is 0. The molecule has 0 radical (unpaired) electrons. The zero-order valence-electron chi connectivity index (χ0n) is 13.1. The van der Waals surface area contributed by atoms with Crippen LogP contribution in [0.15, 0.2) is 84.9 Å². The van der Waals surface area contributed by atoms with Gasteiger partial charge in [-0.25, -0.2) is 0 Å². The predicted molar refractivity (Wildman–Crippen MR) is 114 cm³/mol. The molecule has 0 saturated heterocycles. The van der Waals surface area contributed by atoms with Gasteiger partial charge in [0.05, 0.1) is 10.4 Å². The second kappa shape index (κ2) is 10.4. The van der Waals surface area contributed by atoms with Crippen LogP contribution >= 0.6 is 11.5 Å². The van der Waals surface area contributed by atoms with Gasteiger partial charge in [0.2, 0.25) is 0 Å². The van der Waals surface area contributed by atoms with Crippen LogP contribution in [-0.4, -0.2) is 4.37 Å². The Kier molecular flexibility index (Phi) is 8.59. The lowest BCUT2D eigenvalue weighted by Crippen LogP contribution is -1.75. The molecule has 0 atom stereocenters. The van der Waals surface area contributed by atoms with Crippen molar-refractivity contribution in [3.8, 4) is 11.3 Å². The topological polar surface area (TPSA) is 12.9 Å². The van der Waals surface area contributed by atoms with E-state index < -0.39 is 0 Å². The maximum Gasteiger partial charge on any atom is 0.0919 e. The molecule has 1 heterocycles. The monoisotopic (exact) mass is 349 g/mol. The third-order valence-corrected chi connectivity index (χ3v) is 4.50. The standard InChI is InChI=1S/C13H9NS.C8H10.2CH4/c1-2-6-10(7-3-1)13-11-8-4-5-9-12(11)15-14-13;1-2-8-6-4-3-5-7-8;;/h1-9H;3-7H,2H2,1H3;2*1H4. The Morgan fingerprint density at radius 2 is 1.28 bits per heavy atom. The maximum absolute atomic E-state index is 4.51. The van der Waals surface area contributed by atoms with Gasteiger partial charge >= 0.3 is 0 Å². The van der Waals surface area contributed by atoms with Crippen molar-refractivity contribution in [1.82, 2.24) is 4.37 Å². The van der Waals surface area contributed by atoms with Crippen molar-refractivity contribution in [2.45, 2.75) is 28.2 Å². The van der Waals surface area contributed by atoms with Gasteiger partial charge in [-0.15, -0.1) is 0 Å².